The maximum absolute atomic E-state index is 12.4. The number of methoxy groups -OCH3 is 1. The van der Waals surface area contributed by atoms with Crippen LogP contribution in [-0.4, -0.2) is 31.4 Å². The van der Waals surface area contributed by atoms with Crippen LogP contribution in [0, 0.1) is 5.92 Å². The number of hydrogen-bond acceptors (Lipinski definition) is 5. The summed E-state index contributed by atoms with van der Waals surface area (Å²) in [7, 11) is 1.57. The highest BCUT2D eigenvalue weighted by Crippen LogP contribution is 2.27. The van der Waals surface area contributed by atoms with Gasteiger partial charge in [-0.2, -0.15) is 0 Å². The van der Waals surface area contributed by atoms with Gasteiger partial charge in [-0.25, -0.2) is 0 Å². The van der Waals surface area contributed by atoms with Crippen LogP contribution in [0.3, 0.4) is 0 Å². The van der Waals surface area contributed by atoms with Gasteiger partial charge in [-0.15, -0.1) is 0 Å². The van der Waals surface area contributed by atoms with E-state index in [1.807, 2.05) is 0 Å². The van der Waals surface area contributed by atoms with Crippen molar-refractivity contribution in [3.8, 4) is 5.75 Å². The third kappa shape index (κ3) is 3.66. The van der Waals surface area contributed by atoms with Gasteiger partial charge in [-0.05, 0) is 42.0 Å². The Balaban J connectivity index is 1.65. The lowest BCUT2D eigenvalue weighted by Crippen LogP contribution is -2.28. The minimum absolute atomic E-state index is 0.0322. The summed E-state index contributed by atoms with van der Waals surface area (Å²) in [6.45, 7) is 0.286. The van der Waals surface area contributed by atoms with Crippen LogP contribution in [0.15, 0.2) is 48.5 Å². The Labute approximate surface area is 150 Å². The maximum Gasteiger partial charge on any atom is 0.229 e. The van der Waals surface area contributed by atoms with Gasteiger partial charge < -0.3 is 24.9 Å². The van der Waals surface area contributed by atoms with Gasteiger partial charge in [0.1, 0.15) is 5.75 Å². The van der Waals surface area contributed by atoms with Crippen molar-refractivity contribution in [1.82, 2.24) is 0 Å². The van der Waals surface area contributed by atoms with E-state index >= 15 is 0 Å². The van der Waals surface area contributed by atoms with Crippen LogP contribution in [0.4, 0.5) is 11.4 Å². The molecule has 7 nitrogen and oxygen atoms in total. The minimum Gasteiger partial charge on any atom is -0.545 e. The molecule has 1 saturated heterocycles. The first-order valence-corrected chi connectivity index (χ1v) is 8.04. The molecule has 1 fully saturated rings. The molecule has 0 radical (unpaired) electrons. The van der Waals surface area contributed by atoms with E-state index in [1.165, 1.54) is 24.3 Å². The van der Waals surface area contributed by atoms with Crippen LogP contribution < -0.4 is 20.1 Å². The molecule has 2 aromatic rings. The number of aromatic carboxylic acids is 1. The molecule has 1 heterocycles. The van der Waals surface area contributed by atoms with Crippen molar-refractivity contribution in [2.24, 2.45) is 5.92 Å². The predicted octanol–water partition coefficient (Wildman–Crippen LogP) is 1.05. The molecular weight excluding hydrogens is 336 g/mol. The highest BCUT2D eigenvalue weighted by molar-refractivity contribution is 6.03. The predicted molar refractivity (Wildman–Crippen MR) is 92.9 cm³/mol. The summed E-state index contributed by atoms with van der Waals surface area (Å²) in [5.41, 5.74) is 1.21. The average Bonchev–Trinajstić information content (AvgIpc) is 3.04. The molecule has 0 bridgehead atoms. The average molecular weight is 353 g/mol. The van der Waals surface area contributed by atoms with Crippen LogP contribution in [0.25, 0.3) is 0 Å². The van der Waals surface area contributed by atoms with E-state index in [1.54, 1.807) is 36.3 Å². The fourth-order valence-electron chi connectivity index (χ4n) is 2.83. The van der Waals surface area contributed by atoms with Crippen molar-refractivity contribution in [2.75, 3.05) is 23.9 Å². The van der Waals surface area contributed by atoms with Crippen molar-refractivity contribution in [1.29, 1.82) is 0 Å². The second-order valence-corrected chi connectivity index (χ2v) is 5.96. The number of rotatable bonds is 5. The summed E-state index contributed by atoms with van der Waals surface area (Å²) in [5, 5.41) is 13.5. The number of carboxylic acids is 1. The number of carbonyl (C=O) groups excluding carboxylic acids is 3. The van der Waals surface area contributed by atoms with Gasteiger partial charge in [0.05, 0.1) is 19.0 Å². The van der Waals surface area contributed by atoms with E-state index in [4.69, 9.17) is 4.74 Å². The quantitative estimate of drug-likeness (QED) is 0.866. The number of hydrogen-bond donors (Lipinski definition) is 1. The van der Waals surface area contributed by atoms with E-state index in [-0.39, 0.29) is 30.3 Å². The lowest BCUT2D eigenvalue weighted by atomic mass is 10.1. The Morgan fingerprint density at radius 2 is 1.77 bits per heavy atom. The Bertz CT molecular complexity index is 830. The summed E-state index contributed by atoms with van der Waals surface area (Å²) >= 11 is 0. The SMILES string of the molecule is COc1ccc(N2C[C@H](C(=O)Nc3ccc(C(=O)[O-])cc3)CC2=O)cc1. The highest BCUT2D eigenvalue weighted by atomic mass is 16.5. The Kier molecular flexibility index (Phi) is 4.88. The number of ether oxygens (including phenoxy) is 1. The standard InChI is InChI=1S/C19H18N2O5/c1-26-16-8-6-15(7-9-16)21-11-13(10-17(21)22)18(23)20-14-4-2-12(3-5-14)19(24)25/h2-9,13H,10-11H2,1H3,(H,20,23)(H,24,25)/p-1/t13-/m1/s1. The van der Waals surface area contributed by atoms with Crippen molar-refractivity contribution in [2.45, 2.75) is 6.42 Å². The summed E-state index contributed by atoms with van der Waals surface area (Å²) in [6, 6.07) is 12.8. The van der Waals surface area contributed by atoms with E-state index < -0.39 is 11.9 Å². The fraction of sp³-hybridized carbons (Fsp3) is 0.211. The molecule has 0 aliphatic carbocycles. The number of nitrogens with zero attached hydrogens (tertiary/aromatic N) is 1. The molecule has 134 valence electrons. The topological polar surface area (TPSA) is 98.8 Å². The van der Waals surface area contributed by atoms with Crippen LogP contribution in [0.2, 0.25) is 0 Å². The lowest BCUT2D eigenvalue weighted by molar-refractivity contribution is -0.255. The zero-order chi connectivity index (χ0) is 18.7. The molecule has 1 atom stereocenters. The normalized spacial score (nSPS) is 16.4. The first-order chi connectivity index (χ1) is 12.5. The molecule has 2 aromatic carbocycles. The first kappa shape index (κ1) is 17.5. The van der Waals surface area contributed by atoms with E-state index in [9.17, 15) is 19.5 Å². The van der Waals surface area contributed by atoms with Gasteiger partial charge in [0.25, 0.3) is 0 Å². The third-order valence-electron chi connectivity index (χ3n) is 4.27. The monoisotopic (exact) mass is 353 g/mol. The van der Waals surface area contributed by atoms with E-state index in [0.717, 1.165) is 0 Å². The van der Waals surface area contributed by atoms with Crippen LogP contribution in [-0.2, 0) is 9.59 Å². The summed E-state index contributed by atoms with van der Waals surface area (Å²) in [4.78, 5) is 37.0. The van der Waals surface area contributed by atoms with Gasteiger partial charge in [-0.1, -0.05) is 12.1 Å². The number of benzene rings is 2. The second kappa shape index (κ2) is 7.26. The maximum atomic E-state index is 12.4. The van der Waals surface area contributed by atoms with Gasteiger partial charge >= 0.3 is 0 Å². The number of carboxylic acid groups (broad SMARTS) is 1. The Hall–Kier alpha value is -3.35. The smallest absolute Gasteiger partial charge is 0.229 e. The lowest BCUT2D eigenvalue weighted by Gasteiger charge is -2.17. The van der Waals surface area contributed by atoms with Gasteiger partial charge in [0.15, 0.2) is 0 Å². The zero-order valence-electron chi connectivity index (χ0n) is 14.1. The Morgan fingerprint density at radius 3 is 2.35 bits per heavy atom. The molecule has 0 saturated carbocycles. The molecule has 7 heteroatoms. The molecule has 0 unspecified atom stereocenters. The molecule has 1 aliphatic heterocycles. The summed E-state index contributed by atoms with van der Waals surface area (Å²) < 4.78 is 5.10. The van der Waals surface area contributed by atoms with Crippen molar-refractivity contribution >= 4 is 29.2 Å². The second-order valence-electron chi connectivity index (χ2n) is 5.96. The molecule has 0 spiro atoms. The summed E-state index contributed by atoms with van der Waals surface area (Å²) in [6.07, 6.45) is 0.120. The number of anilines is 2. The Morgan fingerprint density at radius 1 is 1.12 bits per heavy atom. The van der Waals surface area contributed by atoms with Crippen LogP contribution in [0.1, 0.15) is 16.8 Å². The molecule has 2 amide bonds. The largest absolute Gasteiger partial charge is 0.545 e. The van der Waals surface area contributed by atoms with E-state index in [2.05, 4.69) is 5.32 Å². The summed E-state index contributed by atoms with van der Waals surface area (Å²) in [5.74, 6) is -1.47. The first-order valence-electron chi connectivity index (χ1n) is 8.04. The van der Waals surface area contributed by atoms with Gasteiger partial charge in [0, 0.05) is 24.3 Å². The van der Waals surface area contributed by atoms with Crippen molar-refractivity contribution < 1.29 is 24.2 Å². The van der Waals surface area contributed by atoms with Crippen LogP contribution in [0.5, 0.6) is 5.75 Å². The minimum atomic E-state index is -1.28. The molecule has 1 aliphatic rings. The number of carbonyl (C=O) groups is 3. The molecule has 3 rings (SSSR count). The highest BCUT2D eigenvalue weighted by Gasteiger charge is 2.35. The number of nitrogens with one attached hydrogen (secondary N) is 1. The molecular formula is C19H17N2O5-. The van der Waals surface area contributed by atoms with E-state index in [0.29, 0.717) is 17.1 Å². The van der Waals surface area contributed by atoms with Crippen molar-refractivity contribution in [3.05, 3.63) is 54.1 Å². The van der Waals surface area contributed by atoms with Crippen molar-refractivity contribution in [3.63, 3.8) is 0 Å². The van der Waals surface area contributed by atoms with Gasteiger partial charge in [0.2, 0.25) is 11.8 Å². The fourth-order valence-corrected chi connectivity index (χ4v) is 2.83. The molecule has 0 aromatic heterocycles. The molecule has 26 heavy (non-hydrogen) atoms. The third-order valence-corrected chi connectivity index (χ3v) is 4.27. The number of amides is 2. The molecule has 1 N–H and O–H groups in total. The van der Waals surface area contributed by atoms with Crippen LogP contribution >= 0.6 is 0 Å². The zero-order valence-corrected chi connectivity index (χ0v) is 14.1. The van der Waals surface area contributed by atoms with Gasteiger partial charge in [-0.3, -0.25) is 9.59 Å².